The van der Waals surface area contributed by atoms with E-state index in [0.717, 1.165) is 29.7 Å². The molecule has 0 saturated heterocycles. The van der Waals surface area contributed by atoms with E-state index in [4.69, 9.17) is 0 Å². The summed E-state index contributed by atoms with van der Waals surface area (Å²) in [5, 5.41) is 12.5. The summed E-state index contributed by atoms with van der Waals surface area (Å²) in [7, 11) is -2.44. The lowest BCUT2D eigenvalue weighted by Crippen LogP contribution is -2.60. The highest BCUT2D eigenvalue weighted by Crippen LogP contribution is 2.69. The Morgan fingerprint density at radius 1 is 1.02 bits per heavy atom. The zero-order chi connectivity index (χ0) is 33.2. The molecule has 246 valence electrons. The van der Waals surface area contributed by atoms with Gasteiger partial charge in [0.05, 0.1) is 6.33 Å². The Hall–Kier alpha value is -2.82. The summed E-state index contributed by atoms with van der Waals surface area (Å²) < 4.78 is 35.7. The van der Waals surface area contributed by atoms with Crippen molar-refractivity contribution in [2.45, 2.75) is 127 Å². The van der Waals surface area contributed by atoms with Crippen molar-refractivity contribution in [3.05, 3.63) is 71.3 Å². The van der Waals surface area contributed by atoms with Crippen LogP contribution in [0.25, 0.3) is 5.69 Å². The van der Waals surface area contributed by atoms with E-state index in [2.05, 4.69) is 82.3 Å². The third kappa shape index (κ3) is 4.92. The number of hydrogen-bond acceptors (Lipinski definition) is 3. The van der Waals surface area contributed by atoms with Crippen molar-refractivity contribution < 1.29 is 18.7 Å². The molecule has 2 aromatic rings. The smallest absolute Gasteiger partial charge is 0.336 e. The summed E-state index contributed by atoms with van der Waals surface area (Å²) in [6, 6.07) is 8.34. The van der Waals surface area contributed by atoms with Crippen LogP contribution in [0.5, 0.6) is 0 Å². The number of carbonyl (C=O) groups is 1. The Morgan fingerprint density at radius 2 is 1.70 bits per heavy atom. The van der Waals surface area contributed by atoms with Crippen molar-refractivity contribution in [2.24, 2.45) is 17.3 Å². The number of aliphatic hydroxyl groups is 1. The SMILES string of the molecule is CC(C)[Si](C#CC(F)(F)[C@]1(O)CCC2C3CCC4=CC(=O)CCC4=C3C(c3ccc(-n4ccnc4)cc3)C[C@@]21C)(C(C)C)C(C)C. The van der Waals surface area contributed by atoms with Gasteiger partial charge in [0.2, 0.25) is 0 Å². The maximum Gasteiger partial charge on any atom is 0.336 e. The van der Waals surface area contributed by atoms with E-state index >= 15 is 8.78 Å². The van der Waals surface area contributed by atoms with E-state index in [-0.39, 0.29) is 46.6 Å². The van der Waals surface area contributed by atoms with Crippen molar-refractivity contribution in [1.29, 1.82) is 0 Å². The summed E-state index contributed by atoms with van der Waals surface area (Å²) in [6.45, 7) is 14.7. The van der Waals surface area contributed by atoms with E-state index in [0.29, 0.717) is 25.7 Å². The highest BCUT2D eigenvalue weighted by molar-refractivity contribution is 6.90. The number of allylic oxidation sites excluding steroid dienone is 4. The molecule has 0 amide bonds. The topological polar surface area (TPSA) is 55.1 Å². The molecule has 0 bridgehead atoms. The first kappa shape index (κ1) is 33.1. The fraction of sp³-hybridized carbons (Fsp3) is 0.590. The number of fused-ring (bicyclic) bond motifs is 4. The van der Waals surface area contributed by atoms with Gasteiger partial charge in [-0.05, 0) is 108 Å². The van der Waals surface area contributed by atoms with Crippen LogP contribution in [-0.2, 0) is 4.79 Å². The Balaban J connectivity index is 1.46. The summed E-state index contributed by atoms with van der Waals surface area (Å²) in [5.41, 5.74) is 6.47. The normalized spacial score (nSPS) is 29.8. The van der Waals surface area contributed by atoms with E-state index in [1.54, 1.807) is 12.5 Å². The molecule has 4 aliphatic rings. The van der Waals surface area contributed by atoms with Gasteiger partial charge in [-0.2, -0.15) is 8.78 Å². The van der Waals surface area contributed by atoms with Crippen molar-refractivity contribution in [2.75, 3.05) is 0 Å². The molecule has 3 unspecified atom stereocenters. The van der Waals surface area contributed by atoms with Gasteiger partial charge >= 0.3 is 5.92 Å². The van der Waals surface area contributed by atoms with E-state index in [1.807, 2.05) is 23.8 Å². The number of nitrogens with zero attached hydrogens (tertiary/aromatic N) is 2. The summed E-state index contributed by atoms with van der Waals surface area (Å²) in [4.78, 5) is 16.6. The molecule has 4 nitrogen and oxygen atoms in total. The maximum absolute atomic E-state index is 16.9. The Bertz CT molecular complexity index is 1590. The van der Waals surface area contributed by atoms with Crippen LogP contribution >= 0.6 is 0 Å². The van der Waals surface area contributed by atoms with Crippen LogP contribution in [0, 0.1) is 28.7 Å². The lowest BCUT2D eigenvalue weighted by Gasteiger charge is -2.55. The molecule has 46 heavy (non-hydrogen) atoms. The lowest BCUT2D eigenvalue weighted by molar-refractivity contribution is -0.209. The van der Waals surface area contributed by atoms with Crippen LogP contribution in [0.1, 0.15) is 105 Å². The standard InChI is InChI=1S/C39H50F2N2O2Si/c1-25(2)46(26(3)4,27(5)6)21-18-39(40,41)38(45)17-16-35-33-14-10-29-22-31(44)13-15-32(29)36(33)34(23-37(35,38)7)28-8-11-30(12-9-28)43-20-19-42-24-43/h8-9,11-12,19-20,22,24-27,33-35,45H,10,13-17,23H2,1-7H3/t33?,34?,35?,37-,38-/m0/s1. The number of hydrogen-bond donors (Lipinski definition) is 1. The molecule has 0 radical (unpaired) electrons. The molecule has 1 aromatic heterocycles. The van der Waals surface area contributed by atoms with Crippen LogP contribution < -0.4 is 0 Å². The molecular weight excluding hydrogens is 595 g/mol. The number of rotatable bonds is 6. The van der Waals surface area contributed by atoms with Crippen molar-refractivity contribution in [1.82, 2.24) is 9.55 Å². The molecule has 0 aliphatic heterocycles. The minimum atomic E-state index is -3.54. The van der Waals surface area contributed by atoms with Gasteiger partial charge in [0.1, 0.15) is 13.7 Å². The molecular formula is C39H50F2N2O2Si. The number of imidazole rings is 1. The fourth-order valence-electron chi connectivity index (χ4n) is 10.5. The number of halogens is 2. The third-order valence-corrected chi connectivity index (χ3v) is 19.1. The van der Waals surface area contributed by atoms with Gasteiger partial charge < -0.3 is 9.67 Å². The highest BCUT2D eigenvalue weighted by Gasteiger charge is 2.71. The number of carbonyl (C=O) groups excluding carboxylic acids is 1. The van der Waals surface area contributed by atoms with Crippen LogP contribution in [0.3, 0.4) is 0 Å². The van der Waals surface area contributed by atoms with Crippen molar-refractivity contribution in [3.63, 3.8) is 0 Å². The minimum Gasteiger partial charge on any atom is -0.382 e. The minimum absolute atomic E-state index is 0.0437. The fourth-order valence-corrected chi connectivity index (χ4v) is 15.7. The maximum atomic E-state index is 16.9. The quantitative estimate of drug-likeness (QED) is 0.252. The predicted octanol–water partition coefficient (Wildman–Crippen LogP) is 9.36. The van der Waals surface area contributed by atoms with Gasteiger partial charge in [0.15, 0.2) is 5.78 Å². The molecule has 0 spiro atoms. The lowest BCUT2D eigenvalue weighted by atomic mass is 9.50. The first-order valence-corrected chi connectivity index (χ1v) is 19.6. The molecule has 6 rings (SSSR count). The second-order valence-electron chi connectivity index (χ2n) is 15.7. The monoisotopic (exact) mass is 644 g/mol. The summed E-state index contributed by atoms with van der Waals surface area (Å²) >= 11 is 0. The zero-order valence-corrected chi connectivity index (χ0v) is 29.5. The van der Waals surface area contributed by atoms with Crippen molar-refractivity contribution in [3.8, 4) is 17.2 Å². The second-order valence-corrected chi connectivity index (χ2v) is 21.3. The van der Waals surface area contributed by atoms with E-state index in [1.165, 1.54) is 11.1 Å². The van der Waals surface area contributed by atoms with E-state index in [9.17, 15) is 9.90 Å². The van der Waals surface area contributed by atoms with Gasteiger partial charge in [-0.25, -0.2) is 4.98 Å². The Kier molecular flexibility index (Phi) is 8.42. The van der Waals surface area contributed by atoms with Gasteiger partial charge in [-0.1, -0.05) is 66.2 Å². The molecule has 4 aliphatic carbocycles. The highest BCUT2D eigenvalue weighted by atomic mass is 28.3. The number of aromatic nitrogens is 2. The van der Waals surface area contributed by atoms with Crippen molar-refractivity contribution >= 4 is 13.9 Å². The summed E-state index contributed by atoms with van der Waals surface area (Å²) in [6.07, 6.45) is 11.1. The molecule has 2 saturated carbocycles. The first-order valence-electron chi connectivity index (χ1n) is 17.4. The number of ketones is 1. The average molecular weight is 645 g/mol. The van der Waals surface area contributed by atoms with Gasteiger partial charge in [0.25, 0.3) is 0 Å². The Morgan fingerprint density at radius 3 is 2.30 bits per heavy atom. The van der Waals surface area contributed by atoms with Crippen LogP contribution in [-0.4, -0.2) is 40.0 Å². The van der Waals surface area contributed by atoms with Crippen LogP contribution in [0.4, 0.5) is 8.78 Å². The molecule has 7 heteroatoms. The zero-order valence-electron chi connectivity index (χ0n) is 28.5. The number of benzene rings is 1. The largest absolute Gasteiger partial charge is 0.382 e. The van der Waals surface area contributed by atoms with Crippen LogP contribution in [0.15, 0.2) is 65.8 Å². The summed E-state index contributed by atoms with van der Waals surface area (Å²) in [5.74, 6) is -0.924. The third-order valence-electron chi connectivity index (χ3n) is 12.8. The van der Waals surface area contributed by atoms with Gasteiger partial charge in [0, 0.05) is 35.8 Å². The molecule has 1 heterocycles. The molecule has 2 fully saturated rings. The molecule has 1 aromatic carbocycles. The molecule has 5 atom stereocenters. The number of alkyl halides is 2. The molecule has 1 N–H and O–H groups in total. The predicted molar refractivity (Wildman–Crippen MR) is 183 cm³/mol. The van der Waals surface area contributed by atoms with Crippen LogP contribution in [0.2, 0.25) is 16.6 Å². The van der Waals surface area contributed by atoms with Gasteiger partial charge in [-0.3, -0.25) is 4.79 Å². The van der Waals surface area contributed by atoms with E-state index < -0.39 is 25.0 Å². The second kappa shape index (κ2) is 11.7. The first-order chi connectivity index (χ1) is 21.7. The Labute approximate surface area is 274 Å². The average Bonchev–Trinajstić information content (AvgIpc) is 3.63. The van der Waals surface area contributed by atoms with Gasteiger partial charge in [-0.15, -0.1) is 5.54 Å².